The second-order valence-electron chi connectivity index (χ2n) is 3.17. The van der Waals surface area contributed by atoms with E-state index in [9.17, 15) is 0 Å². The van der Waals surface area contributed by atoms with E-state index in [1.807, 2.05) is 18.2 Å². The zero-order valence-electron chi connectivity index (χ0n) is 7.89. The van der Waals surface area contributed by atoms with Crippen molar-refractivity contribution in [2.75, 3.05) is 0 Å². The van der Waals surface area contributed by atoms with Gasteiger partial charge >= 0.3 is 0 Å². The van der Waals surface area contributed by atoms with Crippen LogP contribution in [-0.4, -0.2) is 19.3 Å². The summed E-state index contributed by atoms with van der Waals surface area (Å²) in [5, 5.41) is 0. The third-order valence-corrected chi connectivity index (χ3v) is 11.0. The number of hydrogen-bond donors (Lipinski definition) is 0. The monoisotopic (exact) mass is 602 g/mol. The molecule has 0 heterocycles. The van der Waals surface area contributed by atoms with Gasteiger partial charge in [0.05, 0.1) is 4.83 Å². The van der Waals surface area contributed by atoms with Crippen molar-refractivity contribution in [3.63, 3.8) is 0 Å². The summed E-state index contributed by atoms with van der Waals surface area (Å²) in [5.74, 6) is 0. The third-order valence-electron chi connectivity index (χ3n) is 2.01. The van der Waals surface area contributed by atoms with Crippen molar-refractivity contribution in [2.45, 2.75) is 19.3 Å². The number of allylic oxidation sites excluding steroid dienone is 6. The van der Waals surface area contributed by atoms with Crippen molar-refractivity contribution in [1.29, 1.82) is 0 Å². The summed E-state index contributed by atoms with van der Waals surface area (Å²) < 4.78 is 2.13. The summed E-state index contributed by atoms with van der Waals surface area (Å²) in [6.07, 6.45) is 8.17. The smallest absolute Gasteiger partial charge is 0.0608 e. The average Bonchev–Trinajstić information content (AvgIpc) is 2.28. The van der Waals surface area contributed by atoms with E-state index in [-0.39, 0.29) is 19.3 Å². The topological polar surface area (TPSA) is 0 Å². The van der Waals surface area contributed by atoms with Crippen molar-refractivity contribution >= 4 is 95.6 Å². The highest BCUT2D eigenvalue weighted by Crippen LogP contribution is 2.37. The van der Waals surface area contributed by atoms with Gasteiger partial charge in [-0.25, -0.2) is 0 Å². The van der Waals surface area contributed by atoms with E-state index < -0.39 is 0 Å². The van der Waals surface area contributed by atoms with Crippen LogP contribution in [-0.2, 0) is 0 Å². The average molecular weight is 608 g/mol. The Labute approximate surface area is 146 Å². The van der Waals surface area contributed by atoms with E-state index in [2.05, 4.69) is 102 Å². The Kier molecular flexibility index (Phi) is 7.71. The maximum atomic E-state index is 3.71. The molecule has 0 aromatic carbocycles. The van der Waals surface area contributed by atoms with Crippen molar-refractivity contribution in [3.8, 4) is 0 Å². The van der Waals surface area contributed by atoms with Crippen LogP contribution in [0.4, 0.5) is 0 Å². The highest BCUT2D eigenvalue weighted by atomic mass is 79.9. The van der Waals surface area contributed by atoms with Crippen LogP contribution in [0.1, 0.15) is 0 Å². The molecule has 0 saturated carbocycles. The zero-order valence-corrected chi connectivity index (χ0v) is 17.4. The van der Waals surface area contributed by atoms with Crippen LogP contribution in [0.2, 0.25) is 0 Å². The van der Waals surface area contributed by atoms with Gasteiger partial charge in [-0.1, -0.05) is 97.9 Å². The van der Waals surface area contributed by atoms with Gasteiger partial charge in [-0.15, -0.1) is 0 Å². The first-order valence-corrected chi connectivity index (χ1v) is 9.66. The summed E-state index contributed by atoms with van der Waals surface area (Å²) in [4.78, 5) is 1.02. The lowest BCUT2D eigenvalue weighted by molar-refractivity contribution is 0.855. The molecule has 0 aromatic heterocycles. The van der Waals surface area contributed by atoms with Crippen LogP contribution < -0.4 is 0 Å². The highest BCUT2D eigenvalue weighted by molar-refractivity contribution is 9.16. The third kappa shape index (κ3) is 4.34. The highest BCUT2D eigenvalue weighted by Gasteiger charge is 2.30. The predicted octanol–water partition coefficient (Wildman–Crippen LogP) is 6.17. The van der Waals surface area contributed by atoms with Gasteiger partial charge < -0.3 is 0 Å². The van der Waals surface area contributed by atoms with Crippen LogP contribution in [0.5, 0.6) is 0 Å². The van der Waals surface area contributed by atoms with Gasteiger partial charge in [0.2, 0.25) is 0 Å². The Morgan fingerprint density at radius 3 is 2.12 bits per heavy atom. The summed E-state index contributed by atoms with van der Waals surface area (Å²) >= 11 is 21.9. The Morgan fingerprint density at radius 2 is 1.50 bits per heavy atom. The van der Waals surface area contributed by atoms with Gasteiger partial charge in [0.15, 0.2) is 0 Å². The molecule has 6 heteroatoms. The van der Waals surface area contributed by atoms with Gasteiger partial charge in [0.25, 0.3) is 0 Å². The standard InChI is InChI=1S/C10H8Br6/c11-5-3-1-2-4-6(12)8(14)10(16)9(15)7(5)13/h1-5,7,9-10H. The fourth-order valence-electron chi connectivity index (χ4n) is 1.10. The molecule has 90 valence electrons. The fourth-order valence-corrected chi connectivity index (χ4v) is 5.56. The van der Waals surface area contributed by atoms with Gasteiger partial charge in [0.1, 0.15) is 0 Å². The molecule has 1 aliphatic carbocycles. The molecule has 0 nitrogen and oxygen atoms in total. The van der Waals surface area contributed by atoms with Gasteiger partial charge in [-0.05, 0) is 22.0 Å². The lowest BCUT2D eigenvalue weighted by atomic mass is 10.1. The largest absolute Gasteiger partial charge is 0.0862 e. The van der Waals surface area contributed by atoms with Crippen molar-refractivity contribution in [2.24, 2.45) is 0 Å². The van der Waals surface area contributed by atoms with E-state index in [4.69, 9.17) is 0 Å². The molecule has 4 unspecified atom stereocenters. The fraction of sp³-hybridized carbons (Fsp3) is 0.400. The van der Waals surface area contributed by atoms with E-state index in [1.54, 1.807) is 0 Å². The molecule has 0 aliphatic heterocycles. The zero-order chi connectivity index (χ0) is 12.3. The molecule has 0 aromatic rings. The van der Waals surface area contributed by atoms with E-state index >= 15 is 0 Å². The van der Waals surface area contributed by atoms with Crippen LogP contribution in [0, 0.1) is 0 Å². The number of halogens is 6. The second kappa shape index (κ2) is 7.63. The van der Waals surface area contributed by atoms with Crippen molar-refractivity contribution in [3.05, 3.63) is 33.3 Å². The normalized spacial score (nSPS) is 36.6. The Bertz CT molecular complexity index is 332. The molecular weight excluding hydrogens is 600 g/mol. The van der Waals surface area contributed by atoms with Crippen LogP contribution in [0.3, 0.4) is 0 Å². The molecule has 0 amide bonds. The van der Waals surface area contributed by atoms with E-state index in [0.29, 0.717) is 0 Å². The lowest BCUT2D eigenvalue weighted by Gasteiger charge is -2.25. The number of alkyl halides is 4. The van der Waals surface area contributed by atoms with Crippen molar-refractivity contribution in [1.82, 2.24) is 0 Å². The number of hydrogen-bond acceptors (Lipinski definition) is 0. The summed E-state index contributed by atoms with van der Waals surface area (Å²) in [6.45, 7) is 0. The lowest BCUT2D eigenvalue weighted by Crippen LogP contribution is -2.30. The molecule has 16 heavy (non-hydrogen) atoms. The molecule has 1 aliphatic rings. The molecule has 0 bridgehead atoms. The van der Waals surface area contributed by atoms with E-state index in [1.165, 1.54) is 0 Å². The minimum absolute atomic E-state index is 0.197. The molecule has 0 radical (unpaired) electrons. The van der Waals surface area contributed by atoms with E-state index in [0.717, 1.165) is 8.96 Å². The first kappa shape index (κ1) is 16.2. The molecule has 0 N–H and O–H groups in total. The minimum atomic E-state index is 0.197. The molecule has 4 atom stereocenters. The van der Waals surface area contributed by atoms with Crippen LogP contribution >= 0.6 is 95.6 Å². The summed E-state index contributed by atoms with van der Waals surface area (Å²) in [6, 6.07) is 0. The van der Waals surface area contributed by atoms with Crippen molar-refractivity contribution < 1.29 is 0 Å². The van der Waals surface area contributed by atoms with Gasteiger partial charge in [0, 0.05) is 23.4 Å². The molecule has 1 rings (SSSR count). The van der Waals surface area contributed by atoms with Gasteiger partial charge in [-0.2, -0.15) is 0 Å². The Morgan fingerprint density at radius 1 is 0.875 bits per heavy atom. The molecule has 0 spiro atoms. The maximum Gasteiger partial charge on any atom is 0.0608 e. The Balaban J connectivity index is 3.09. The first-order chi connectivity index (χ1) is 7.45. The number of rotatable bonds is 0. The van der Waals surface area contributed by atoms with Crippen LogP contribution in [0.15, 0.2) is 33.3 Å². The van der Waals surface area contributed by atoms with Gasteiger partial charge in [-0.3, -0.25) is 0 Å². The predicted molar refractivity (Wildman–Crippen MR) is 94.0 cm³/mol. The first-order valence-electron chi connectivity index (χ1n) is 4.41. The Hall–Kier alpha value is 2.10. The second-order valence-corrected chi connectivity index (χ2v) is 9.04. The molecule has 0 fully saturated rings. The SMILES string of the molecule is BrC1=C(Br)C(Br)C(Br)C(Br)C(Br)C=CC=C1. The quantitative estimate of drug-likeness (QED) is 0.289. The summed E-state index contributed by atoms with van der Waals surface area (Å²) in [5.41, 5.74) is 0. The molecular formula is C10H8Br6. The van der Waals surface area contributed by atoms with Crippen LogP contribution in [0.25, 0.3) is 0 Å². The minimum Gasteiger partial charge on any atom is -0.0862 e. The maximum absolute atomic E-state index is 3.71. The molecule has 0 saturated heterocycles. The summed E-state index contributed by atoms with van der Waals surface area (Å²) in [7, 11) is 0.